The highest BCUT2D eigenvalue weighted by Crippen LogP contribution is 2.43. The van der Waals surface area contributed by atoms with Crippen molar-refractivity contribution < 1.29 is 30.0 Å². The minimum atomic E-state index is -0.840. The molecular formula is C32H41NO7. The average molecular weight is 552 g/mol. The van der Waals surface area contributed by atoms with Crippen molar-refractivity contribution in [2.24, 2.45) is 0 Å². The first-order valence-corrected chi connectivity index (χ1v) is 13.3. The minimum absolute atomic E-state index is 0.0648. The number of aromatic hydroxyl groups is 4. The third-order valence-electron chi connectivity index (χ3n) is 7.28. The van der Waals surface area contributed by atoms with E-state index in [1.54, 1.807) is 25.1 Å². The maximum atomic E-state index is 14.0. The van der Waals surface area contributed by atoms with Gasteiger partial charge >= 0.3 is 5.97 Å². The molecule has 1 atom stereocenters. The Kier molecular flexibility index (Phi) is 8.63. The Morgan fingerprint density at radius 1 is 0.875 bits per heavy atom. The van der Waals surface area contributed by atoms with Gasteiger partial charge in [-0.3, -0.25) is 9.59 Å². The Labute approximate surface area is 235 Å². The molecule has 0 saturated heterocycles. The molecule has 0 aliphatic heterocycles. The number of aryl methyl sites for hydroxylation is 2. The van der Waals surface area contributed by atoms with Crippen LogP contribution in [0.3, 0.4) is 0 Å². The Bertz CT molecular complexity index is 1440. The predicted molar refractivity (Wildman–Crippen MR) is 155 cm³/mol. The van der Waals surface area contributed by atoms with Crippen molar-refractivity contribution in [2.45, 2.75) is 84.6 Å². The first kappa shape index (κ1) is 30.6. The number of esters is 1. The summed E-state index contributed by atoms with van der Waals surface area (Å²) in [5.74, 6) is -1.91. The fraction of sp³-hybridized carbons (Fsp3) is 0.438. The molecule has 0 saturated carbocycles. The van der Waals surface area contributed by atoms with Crippen molar-refractivity contribution in [3.63, 3.8) is 0 Å². The average Bonchev–Trinajstić information content (AvgIpc) is 2.83. The number of pyridine rings is 1. The zero-order chi connectivity index (χ0) is 30.2. The van der Waals surface area contributed by atoms with Crippen molar-refractivity contribution in [3.8, 4) is 23.0 Å². The van der Waals surface area contributed by atoms with Gasteiger partial charge in [0.25, 0.3) is 5.56 Å². The van der Waals surface area contributed by atoms with Gasteiger partial charge < -0.3 is 29.7 Å². The van der Waals surface area contributed by atoms with E-state index in [2.05, 4.69) is 0 Å². The number of benzene rings is 2. The summed E-state index contributed by atoms with van der Waals surface area (Å²) in [4.78, 5) is 26.6. The monoisotopic (exact) mass is 551 g/mol. The van der Waals surface area contributed by atoms with Gasteiger partial charge in [0, 0.05) is 18.2 Å². The summed E-state index contributed by atoms with van der Waals surface area (Å²) in [6.07, 6.45) is 0.189. The number of phenols is 3. The van der Waals surface area contributed by atoms with E-state index in [1.807, 2.05) is 41.5 Å². The van der Waals surface area contributed by atoms with Gasteiger partial charge in [-0.05, 0) is 64.6 Å². The van der Waals surface area contributed by atoms with Gasteiger partial charge in [0.05, 0.1) is 19.1 Å². The van der Waals surface area contributed by atoms with E-state index < -0.39 is 28.3 Å². The Morgan fingerprint density at radius 3 is 1.95 bits per heavy atom. The highest BCUT2D eigenvalue weighted by Gasteiger charge is 2.32. The first-order valence-electron chi connectivity index (χ1n) is 13.3. The van der Waals surface area contributed by atoms with Crippen LogP contribution in [-0.4, -0.2) is 38.1 Å². The number of carbonyl (C=O) groups is 1. The lowest BCUT2D eigenvalue weighted by Crippen LogP contribution is -2.29. The molecular weight excluding hydrogens is 510 g/mol. The van der Waals surface area contributed by atoms with Gasteiger partial charge in [0.2, 0.25) is 0 Å². The topological polar surface area (TPSA) is 129 Å². The van der Waals surface area contributed by atoms with E-state index in [4.69, 9.17) is 4.74 Å². The van der Waals surface area contributed by atoms with Gasteiger partial charge in [-0.1, -0.05) is 59.7 Å². The highest BCUT2D eigenvalue weighted by molar-refractivity contribution is 5.72. The molecule has 0 fully saturated rings. The number of hydrogen-bond acceptors (Lipinski definition) is 7. The zero-order valence-electron chi connectivity index (χ0n) is 24.6. The third-order valence-corrected chi connectivity index (χ3v) is 7.28. The molecule has 3 rings (SSSR count). The molecule has 0 radical (unpaired) electrons. The molecule has 216 valence electrons. The van der Waals surface area contributed by atoms with Crippen molar-refractivity contribution in [2.75, 3.05) is 7.11 Å². The lowest BCUT2D eigenvalue weighted by atomic mass is 9.75. The summed E-state index contributed by atoms with van der Waals surface area (Å²) >= 11 is 0. The normalized spacial score (nSPS) is 12.8. The van der Waals surface area contributed by atoms with Crippen LogP contribution in [0.15, 0.2) is 41.2 Å². The molecule has 1 heterocycles. The highest BCUT2D eigenvalue weighted by atomic mass is 16.5. The maximum Gasteiger partial charge on any atom is 0.306 e. The van der Waals surface area contributed by atoms with E-state index >= 15 is 0 Å². The van der Waals surface area contributed by atoms with E-state index in [9.17, 15) is 30.0 Å². The number of aromatic nitrogens is 1. The summed E-state index contributed by atoms with van der Waals surface area (Å²) in [7, 11) is 1.28. The van der Waals surface area contributed by atoms with Crippen LogP contribution in [0.1, 0.15) is 87.4 Å². The van der Waals surface area contributed by atoms with Gasteiger partial charge in [-0.25, -0.2) is 0 Å². The summed E-state index contributed by atoms with van der Waals surface area (Å²) < 4.78 is 6.51. The largest absolute Gasteiger partial charge is 0.507 e. The van der Waals surface area contributed by atoms with Gasteiger partial charge in [-0.2, -0.15) is 0 Å². The number of nitrogens with zero attached hydrogens (tertiary/aromatic N) is 1. The zero-order valence-corrected chi connectivity index (χ0v) is 24.6. The second kappa shape index (κ2) is 11.3. The first-order chi connectivity index (χ1) is 18.4. The van der Waals surface area contributed by atoms with Gasteiger partial charge in [0.1, 0.15) is 11.5 Å². The summed E-state index contributed by atoms with van der Waals surface area (Å²) in [5.41, 5.74) is 1.93. The van der Waals surface area contributed by atoms with Crippen LogP contribution in [0.2, 0.25) is 0 Å². The molecule has 40 heavy (non-hydrogen) atoms. The number of carbonyl (C=O) groups excluding carboxylic acids is 1. The molecule has 8 heteroatoms. The van der Waals surface area contributed by atoms with Crippen LogP contribution < -0.4 is 5.56 Å². The standard InChI is InChI=1S/C32H41NO7/c1-18-13-26(36)28(30(39)33(18)12-11-19-9-10-24(34)25(35)14-19)21(17-27(37)40-8)20-15-22(31(2,3)4)29(38)23(16-20)32(5,6)7/h9-10,13-16,21,34-36,38H,11-12,17H2,1-8H3/t21-/m0/s1. The number of rotatable bonds is 7. The molecule has 0 aliphatic carbocycles. The molecule has 2 aromatic carbocycles. The molecule has 4 N–H and O–H groups in total. The summed E-state index contributed by atoms with van der Waals surface area (Å²) in [6, 6.07) is 9.61. The third kappa shape index (κ3) is 6.43. The lowest BCUT2D eigenvalue weighted by molar-refractivity contribution is -0.140. The second-order valence-corrected chi connectivity index (χ2v) is 12.4. The minimum Gasteiger partial charge on any atom is -0.507 e. The fourth-order valence-corrected chi connectivity index (χ4v) is 4.98. The molecule has 0 bridgehead atoms. The number of methoxy groups -OCH3 is 1. The van der Waals surface area contributed by atoms with Crippen LogP contribution in [0, 0.1) is 6.92 Å². The molecule has 0 spiro atoms. The molecule has 1 aromatic heterocycles. The van der Waals surface area contributed by atoms with Crippen molar-refractivity contribution in [1.29, 1.82) is 0 Å². The summed E-state index contributed by atoms with van der Waals surface area (Å²) in [5, 5.41) is 41.8. The van der Waals surface area contributed by atoms with Crippen LogP contribution in [0.4, 0.5) is 0 Å². The Balaban J connectivity index is 2.24. The molecule has 0 amide bonds. The predicted octanol–water partition coefficient (Wildman–Crippen LogP) is 5.51. The van der Waals surface area contributed by atoms with E-state index in [-0.39, 0.29) is 41.5 Å². The maximum absolute atomic E-state index is 14.0. The Morgan fingerprint density at radius 2 is 1.45 bits per heavy atom. The molecule has 0 aliphatic rings. The summed E-state index contributed by atoms with van der Waals surface area (Å²) in [6.45, 7) is 13.8. The van der Waals surface area contributed by atoms with Crippen molar-refractivity contribution >= 4 is 5.97 Å². The van der Waals surface area contributed by atoms with Crippen LogP contribution in [-0.2, 0) is 33.3 Å². The van der Waals surface area contributed by atoms with Crippen LogP contribution >= 0.6 is 0 Å². The van der Waals surface area contributed by atoms with E-state index in [0.717, 1.165) is 0 Å². The quantitative estimate of drug-likeness (QED) is 0.225. The van der Waals surface area contributed by atoms with Crippen LogP contribution in [0.25, 0.3) is 0 Å². The fourth-order valence-electron chi connectivity index (χ4n) is 4.98. The second-order valence-electron chi connectivity index (χ2n) is 12.4. The number of phenolic OH excluding ortho intramolecular Hbond substituents is 3. The van der Waals surface area contributed by atoms with E-state index in [0.29, 0.717) is 34.4 Å². The lowest BCUT2D eigenvalue weighted by Gasteiger charge is -2.30. The molecule has 0 unspecified atom stereocenters. The molecule has 8 nitrogen and oxygen atoms in total. The number of ether oxygens (including phenoxy) is 1. The smallest absolute Gasteiger partial charge is 0.306 e. The Hall–Kier alpha value is -3.94. The van der Waals surface area contributed by atoms with Gasteiger partial charge in [-0.15, -0.1) is 0 Å². The van der Waals surface area contributed by atoms with Gasteiger partial charge in [0.15, 0.2) is 11.5 Å². The van der Waals surface area contributed by atoms with E-state index in [1.165, 1.54) is 29.9 Å². The molecule has 3 aromatic rings. The number of hydrogen-bond donors (Lipinski definition) is 4. The SMILES string of the molecule is COC(=O)C[C@@H](c1cc(C(C)(C)C)c(O)c(C(C)(C)C)c1)c1c(O)cc(C)n(CCc2ccc(O)c(O)c2)c1=O. The van der Waals surface area contributed by atoms with Crippen LogP contribution in [0.5, 0.6) is 23.0 Å². The van der Waals surface area contributed by atoms with Crippen molar-refractivity contribution in [3.05, 3.63) is 80.3 Å². The van der Waals surface area contributed by atoms with Crippen molar-refractivity contribution in [1.82, 2.24) is 4.57 Å².